The summed E-state index contributed by atoms with van der Waals surface area (Å²) in [6.45, 7) is 6.65. The maximum absolute atomic E-state index is 13.3. The summed E-state index contributed by atoms with van der Waals surface area (Å²) in [6.07, 6.45) is 2.68. The van der Waals surface area contributed by atoms with Crippen molar-refractivity contribution < 1.29 is 14.3 Å². The summed E-state index contributed by atoms with van der Waals surface area (Å²) in [5.74, 6) is 1.08. The molecule has 0 saturated heterocycles. The number of aromatic nitrogens is 2. The van der Waals surface area contributed by atoms with E-state index in [1.807, 2.05) is 37.3 Å². The first kappa shape index (κ1) is 23.2. The fraction of sp³-hybridized carbons (Fsp3) is 0.296. The summed E-state index contributed by atoms with van der Waals surface area (Å²) in [6, 6.07) is 14.2. The molecule has 0 radical (unpaired) electrons. The number of carbonyl (C=O) groups is 2. The molecule has 1 aliphatic heterocycles. The predicted octanol–water partition coefficient (Wildman–Crippen LogP) is 5.85. The highest BCUT2D eigenvalue weighted by Gasteiger charge is 2.42. The van der Waals surface area contributed by atoms with Gasteiger partial charge in [-0.25, -0.2) is 4.68 Å². The van der Waals surface area contributed by atoms with Crippen molar-refractivity contribution in [1.29, 1.82) is 0 Å². The Morgan fingerprint density at radius 3 is 2.71 bits per heavy atom. The van der Waals surface area contributed by atoms with E-state index >= 15 is 0 Å². The first-order valence-corrected chi connectivity index (χ1v) is 12.0. The molecule has 2 heterocycles. The Labute approximate surface area is 209 Å². The van der Waals surface area contributed by atoms with Gasteiger partial charge in [0.05, 0.1) is 12.8 Å². The van der Waals surface area contributed by atoms with Gasteiger partial charge in [0.25, 0.3) is 5.91 Å². The third-order valence-corrected chi connectivity index (χ3v) is 6.57. The molecule has 0 spiro atoms. The number of hydrogen-bond acceptors (Lipinski definition) is 5. The van der Waals surface area contributed by atoms with Gasteiger partial charge in [0.1, 0.15) is 23.2 Å². The fourth-order valence-electron chi connectivity index (χ4n) is 4.86. The lowest BCUT2D eigenvalue weighted by Gasteiger charge is -2.39. The molecule has 0 saturated carbocycles. The van der Waals surface area contributed by atoms with E-state index in [4.69, 9.17) is 16.3 Å². The maximum Gasteiger partial charge on any atom is 0.261 e. The molecule has 0 fully saturated rings. The topological polar surface area (TPSA) is 85.2 Å². The molecule has 1 amide bonds. The minimum absolute atomic E-state index is 0.0789. The monoisotopic (exact) mass is 490 g/mol. The highest BCUT2D eigenvalue weighted by Crippen LogP contribution is 2.46. The second-order valence-electron chi connectivity index (χ2n) is 9.68. The number of fused-ring (bicyclic) bond motifs is 1. The first-order valence-electron chi connectivity index (χ1n) is 11.7. The zero-order valence-corrected chi connectivity index (χ0v) is 20.6. The number of nitrogens with one attached hydrogen (secondary N) is 2. The lowest BCUT2D eigenvalue weighted by Crippen LogP contribution is -2.37. The van der Waals surface area contributed by atoms with Gasteiger partial charge < -0.3 is 15.4 Å². The molecule has 2 N–H and O–H groups in total. The van der Waals surface area contributed by atoms with Gasteiger partial charge in [0.2, 0.25) is 0 Å². The van der Waals surface area contributed by atoms with Crippen LogP contribution in [0.2, 0.25) is 5.02 Å². The van der Waals surface area contributed by atoms with Gasteiger partial charge in [-0.2, -0.15) is 5.10 Å². The molecule has 180 valence electrons. The Kier molecular flexibility index (Phi) is 5.89. The van der Waals surface area contributed by atoms with Gasteiger partial charge in [-0.3, -0.25) is 9.59 Å². The molecule has 1 aliphatic carbocycles. The van der Waals surface area contributed by atoms with Crippen molar-refractivity contribution in [2.75, 3.05) is 17.2 Å². The predicted molar refractivity (Wildman–Crippen MR) is 136 cm³/mol. The van der Waals surface area contributed by atoms with Crippen LogP contribution in [0, 0.1) is 5.41 Å². The van der Waals surface area contributed by atoms with E-state index in [0.29, 0.717) is 47.1 Å². The standard InChI is InChI=1S/C27H27ClN4O3/c1-4-35-19-10-8-18(9-11-19)30-26(34)20-15-29-32-24(16-6-5-7-17(28)12-16)23-21(31-25(20)32)13-27(2,3)14-22(23)33/h5-12,15,24,31H,4,13-14H2,1-3H3,(H,30,34). The Hall–Kier alpha value is -3.58. The number of ketones is 1. The van der Waals surface area contributed by atoms with Crippen LogP contribution in [0.4, 0.5) is 11.5 Å². The van der Waals surface area contributed by atoms with Crippen LogP contribution < -0.4 is 15.4 Å². The van der Waals surface area contributed by atoms with Gasteiger partial charge in [-0.15, -0.1) is 0 Å². The second-order valence-corrected chi connectivity index (χ2v) is 10.1. The fourth-order valence-corrected chi connectivity index (χ4v) is 5.06. The number of nitrogens with zero attached hydrogens (tertiary/aromatic N) is 2. The van der Waals surface area contributed by atoms with Crippen LogP contribution in [0.25, 0.3) is 0 Å². The van der Waals surface area contributed by atoms with Gasteiger partial charge in [0.15, 0.2) is 5.78 Å². The quantitative estimate of drug-likeness (QED) is 0.469. The van der Waals surface area contributed by atoms with E-state index in [-0.39, 0.29) is 17.1 Å². The Morgan fingerprint density at radius 1 is 1.23 bits per heavy atom. The van der Waals surface area contributed by atoms with Crippen molar-refractivity contribution >= 4 is 34.8 Å². The van der Waals surface area contributed by atoms with Gasteiger partial charge in [0, 0.05) is 28.4 Å². The Morgan fingerprint density at radius 2 is 2.00 bits per heavy atom. The van der Waals surface area contributed by atoms with Gasteiger partial charge in [-0.1, -0.05) is 37.6 Å². The normalized spacial score (nSPS) is 18.4. The van der Waals surface area contributed by atoms with E-state index in [9.17, 15) is 9.59 Å². The number of amides is 1. The van der Waals surface area contributed by atoms with Gasteiger partial charge in [-0.05, 0) is 60.7 Å². The van der Waals surface area contributed by atoms with Crippen molar-refractivity contribution in [2.24, 2.45) is 5.41 Å². The third kappa shape index (κ3) is 4.44. The van der Waals surface area contributed by atoms with Crippen LogP contribution in [0.1, 0.15) is 55.6 Å². The van der Waals surface area contributed by atoms with E-state index in [0.717, 1.165) is 17.0 Å². The van der Waals surface area contributed by atoms with E-state index in [1.54, 1.807) is 22.9 Å². The summed E-state index contributed by atoms with van der Waals surface area (Å²) >= 11 is 6.31. The Bertz CT molecular complexity index is 1340. The number of halogens is 1. The number of ether oxygens (including phenoxy) is 1. The minimum atomic E-state index is -0.462. The second kappa shape index (κ2) is 8.89. The Balaban J connectivity index is 1.53. The minimum Gasteiger partial charge on any atom is -0.494 e. The number of benzene rings is 2. The molecule has 3 aromatic rings. The number of carbonyl (C=O) groups excluding carboxylic acids is 2. The van der Waals surface area contributed by atoms with Crippen LogP contribution in [0.3, 0.4) is 0 Å². The van der Waals surface area contributed by atoms with E-state index in [1.165, 1.54) is 6.20 Å². The number of allylic oxidation sites excluding steroid dienone is 2. The van der Waals surface area contributed by atoms with Crippen molar-refractivity contribution in [3.05, 3.63) is 82.1 Å². The van der Waals surface area contributed by atoms with Gasteiger partial charge >= 0.3 is 0 Å². The molecule has 8 heteroatoms. The summed E-state index contributed by atoms with van der Waals surface area (Å²) in [5.41, 5.74) is 3.22. The maximum atomic E-state index is 13.3. The van der Waals surface area contributed by atoms with Crippen LogP contribution in [-0.2, 0) is 4.79 Å². The molecule has 7 nitrogen and oxygen atoms in total. The lowest BCUT2D eigenvalue weighted by molar-refractivity contribution is -0.118. The number of hydrogen-bond donors (Lipinski definition) is 2. The summed E-state index contributed by atoms with van der Waals surface area (Å²) in [7, 11) is 0. The zero-order valence-electron chi connectivity index (χ0n) is 19.9. The number of rotatable bonds is 5. The molecule has 5 rings (SSSR count). The number of Topliss-reactive ketones (excluding diaryl/α,β-unsaturated/α-hetero) is 1. The molecule has 2 aliphatic rings. The number of anilines is 2. The molecule has 2 aromatic carbocycles. The molecular formula is C27H27ClN4O3. The van der Waals surface area contributed by atoms with E-state index < -0.39 is 6.04 Å². The largest absolute Gasteiger partial charge is 0.494 e. The molecule has 1 atom stereocenters. The van der Waals surface area contributed by atoms with Crippen LogP contribution in [-0.4, -0.2) is 28.1 Å². The van der Waals surface area contributed by atoms with Crippen molar-refractivity contribution in [3.63, 3.8) is 0 Å². The zero-order chi connectivity index (χ0) is 24.7. The SMILES string of the molecule is CCOc1ccc(NC(=O)c2cnn3c2NC2=C(C(=O)CC(C)(C)C2)C3c2cccc(Cl)c2)cc1. The first-order chi connectivity index (χ1) is 16.8. The highest BCUT2D eigenvalue weighted by atomic mass is 35.5. The van der Waals surface area contributed by atoms with Crippen molar-refractivity contribution in [1.82, 2.24) is 9.78 Å². The summed E-state index contributed by atoms with van der Waals surface area (Å²) in [5, 5.41) is 11.4. The van der Waals surface area contributed by atoms with Crippen molar-refractivity contribution in [2.45, 2.75) is 39.7 Å². The summed E-state index contributed by atoms with van der Waals surface area (Å²) < 4.78 is 7.19. The van der Waals surface area contributed by atoms with Crippen LogP contribution in [0.5, 0.6) is 5.75 Å². The smallest absolute Gasteiger partial charge is 0.261 e. The molecule has 0 bridgehead atoms. The average molecular weight is 491 g/mol. The molecule has 1 unspecified atom stereocenters. The summed E-state index contributed by atoms with van der Waals surface area (Å²) in [4.78, 5) is 26.6. The van der Waals surface area contributed by atoms with E-state index in [2.05, 4.69) is 29.6 Å². The molecule has 1 aromatic heterocycles. The van der Waals surface area contributed by atoms with Crippen LogP contribution in [0.15, 0.2) is 66.0 Å². The van der Waals surface area contributed by atoms with Crippen LogP contribution >= 0.6 is 11.6 Å². The third-order valence-electron chi connectivity index (χ3n) is 6.33. The lowest BCUT2D eigenvalue weighted by atomic mass is 9.73. The highest BCUT2D eigenvalue weighted by molar-refractivity contribution is 6.30. The van der Waals surface area contributed by atoms with Crippen molar-refractivity contribution in [3.8, 4) is 5.75 Å². The average Bonchev–Trinajstić information content (AvgIpc) is 3.22. The molecule has 35 heavy (non-hydrogen) atoms. The molecular weight excluding hydrogens is 464 g/mol.